The van der Waals surface area contributed by atoms with Gasteiger partial charge in [0.05, 0.1) is 10.9 Å². The molecule has 1 amide bonds. The molecule has 2 aliphatic heterocycles. The van der Waals surface area contributed by atoms with Crippen molar-refractivity contribution >= 4 is 29.0 Å². The SMILES string of the molecule is C[C@H]1C[C@]2(CCN1C(=O)OC(C)(C)C)OCCc1cc(Cl)sc12. The number of carbonyl (C=O) groups is 1. The Morgan fingerprint density at radius 1 is 1.52 bits per heavy atom. The smallest absolute Gasteiger partial charge is 0.410 e. The molecule has 0 N–H and O–H groups in total. The molecule has 1 aromatic heterocycles. The van der Waals surface area contributed by atoms with Crippen LogP contribution in [0.3, 0.4) is 0 Å². The van der Waals surface area contributed by atoms with Crippen LogP contribution in [-0.4, -0.2) is 35.8 Å². The van der Waals surface area contributed by atoms with E-state index in [9.17, 15) is 4.79 Å². The lowest BCUT2D eigenvalue weighted by Crippen LogP contribution is -2.53. The number of amides is 1. The summed E-state index contributed by atoms with van der Waals surface area (Å²) in [6.07, 6.45) is 2.26. The first-order valence-corrected chi connectivity index (χ1v) is 9.32. The summed E-state index contributed by atoms with van der Waals surface area (Å²) < 4.78 is 12.6. The van der Waals surface area contributed by atoms with Gasteiger partial charge in [0.2, 0.25) is 0 Å². The van der Waals surface area contributed by atoms with Gasteiger partial charge >= 0.3 is 6.09 Å². The zero-order valence-electron chi connectivity index (χ0n) is 14.1. The predicted molar refractivity (Wildman–Crippen MR) is 92.3 cm³/mol. The molecule has 3 heterocycles. The van der Waals surface area contributed by atoms with Gasteiger partial charge in [0.1, 0.15) is 11.2 Å². The van der Waals surface area contributed by atoms with Crippen LogP contribution in [0.25, 0.3) is 0 Å². The molecular formula is C17H24ClNO3S. The van der Waals surface area contributed by atoms with E-state index in [0.29, 0.717) is 6.54 Å². The number of ether oxygens (including phenoxy) is 2. The lowest BCUT2D eigenvalue weighted by molar-refractivity contribution is -0.108. The normalized spacial score (nSPS) is 27.9. The molecule has 2 aliphatic rings. The van der Waals surface area contributed by atoms with Crippen LogP contribution in [0.5, 0.6) is 0 Å². The highest BCUT2D eigenvalue weighted by molar-refractivity contribution is 7.16. The third-order valence-electron chi connectivity index (χ3n) is 4.48. The lowest BCUT2D eigenvalue weighted by atomic mass is 9.82. The van der Waals surface area contributed by atoms with Crippen LogP contribution in [0, 0.1) is 0 Å². The minimum atomic E-state index is -0.471. The van der Waals surface area contributed by atoms with Crippen molar-refractivity contribution in [1.29, 1.82) is 0 Å². The van der Waals surface area contributed by atoms with Gasteiger partial charge in [-0.25, -0.2) is 4.79 Å². The van der Waals surface area contributed by atoms with E-state index in [4.69, 9.17) is 21.1 Å². The molecule has 0 unspecified atom stereocenters. The minimum absolute atomic E-state index is 0.0745. The summed E-state index contributed by atoms with van der Waals surface area (Å²) in [5, 5.41) is 0. The summed E-state index contributed by atoms with van der Waals surface area (Å²) >= 11 is 7.84. The van der Waals surface area contributed by atoms with Crippen molar-refractivity contribution in [1.82, 2.24) is 4.90 Å². The minimum Gasteiger partial charge on any atom is -0.444 e. The maximum atomic E-state index is 12.4. The van der Waals surface area contributed by atoms with E-state index < -0.39 is 5.60 Å². The highest BCUT2D eigenvalue weighted by Crippen LogP contribution is 2.48. The lowest BCUT2D eigenvalue weighted by Gasteiger charge is -2.46. The topological polar surface area (TPSA) is 38.8 Å². The Kier molecular flexibility index (Phi) is 4.40. The summed E-state index contributed by atoms with van der Waals surface area (Å²) in [6, 6.07) is 2.14. The molecular weight excluding hydrogens is 334 g/mol. The van der Waals surface area contributed by atoms with Crippen LogP contribution >= 0.6 is 22.9 Å². The average Bonchev–Trinajstić information content (AvgIpc) is 2.79. The second-order valence-corrected chi connectivity index (χ2v) is 9.16. The number of hydrogen-bond acceptors (Lipinski definition) is 4. The van der Waals surface area contributed by atoms with Crippen molar-refractivity contribution in [3.63, 3.8) is 0 Å². The molecule has 0 aromatic carbocycles. The molecule has 4 nitrogen and oxygen atoms in total. The molecule has 1 fully saturated rings. The fourth-order valence-corrected chi connectivity index (χ4v) is 5.01. The molecule has 0 bridgehead atoms. The number of likely N-dealkylation sites (tertiary alicyclic amines) is 1. The first-order chi connectivity index (χ1) is 10.7. The first-order valence-electron chi connectivity index (χ1n) is 8.12. The fourth-order valence-electron chi connectivity index (χ4n) is 3.53. The standard InChI is InChI=1S/C17H24ClNO3S/c1-11-10-17(6-7-19(11)15(20)22-16(2,3)4)14-12(5-8-21-17)9-13(18)23-14/h9,11H,5-8,10H2,1-4H3/t11-,17-/m0/s1. The monoisotopic (exact) mass is 357 g/mol. The first kappa shape index (κ1) is 17.1. The predicted octanol–water partition coefficient (Wildman–Crippen LogP) is 4.59. The van der Waals surface area contributed by atoms with Crippen molar-refractivity contribution in [2.75, 3.05) is 13.2 Å². The van der Waals surface area contributed by atoms with Crippen LogP contribution in [0.2, 0.25) is 4.34 Å². The molecule has 0 saturated carbocycles. The van der Waals surface area contributed by atoms with Crippen LogP contribution in [0.15, 0.2) is 6.07 Å². The number of carbonyl (C=O) groups excluding carboxylic acids is 1. The van der Waals surface area contributed by atoms with E-state index in [1.54, 1.807) is 11.3 Å². The maximum absolute atomic E-state index is 12.4. The van der Waals surface area contributed by atoms with Crippen LogP contribution in [-0.2, 0) is 21.5 Å². The summed E-state index contributed by atoms with van der Waals surface area (Å²) in [6.45, 7) is 9.11. The van der Waals surface area contributed by atoms with Gasteiger partial charge < -0.3 is 14.4 Å². The Bertz CT molecular complexity index is 609. The van der Waals surface area contributed by atoms with E-state index in [1.807, 2.05) is 25.7 Å². The summed E-state index contributed by atoms with van der Waals surface area (Å²) in [7, 11) is 0. The fraction of sp³-hybridized carbons (Fsp3) is 0.706. The highest BCUT2D eigenvalue weighted by atomic mass is 35.5. The van der Waals surface area contributed by atoms with Gasteiger partial charge in [-0.2, -0.15) is 0 Å². The molecule has 23 heavy (non-hydrogen) atoms. The van der Waals surface area contributed by atoms with Gasteiger partial charge in [-0.15, -0.1) is 11.3 Å². The second-order valence-electron chi connectivity index (χ2n) is 7.47. The largest absolute Gasteiger partial charge is 0.444 e. The Balaban J connectivity index is 1.78. The number of fused-ring (bicyclic) bond motifs is 2. The number of rotatable bonds is 0. The molecule has 1 spiro atoms. The third kappa shape index (κ3) is 3.37. The van der Waals surface area contributed by atoms with E-state index in [2.05, 4.69) is 13.0 Å². The molecule has 2 atom stereocenters. The van der Waals surface area contributed by atoms with Crippen molar-refractivity contribution in [2.24, 2.45) is 0 Å². The summed E-state index contributed by atoms with van der Waals surface area (Å²) in [5.41, 5.74) is 0.551. The zero-order valence-corrected chi connectivity index (χ0v) is 15.7. The molecule has 1 aromatic rings. The quantitative estimate of drug-likeness (QED) is 0.681. The third-order valence-corrected chi connectivity index (χ3v) is 5.98. The van der Waals surface area contributed by atoms with Crippen molar-refractivity contribution in [2.45, 2.75) is 64.2 Å². The number of thiophene rings is 1. The Morgan fingerprint density at radius 2 is 2.26 bits per heavy atom. The van der Waals surface area contributed by atoms with Gasteiger partial charge in [-0.3, -0.25) is 0 Å². The number of hydrogen-bond donors (Lipinski definition) is 0. The molecule has 0 aliphatic carbocycles. The Morgan fingerprint density at radius 3 is 2.91 bits per heavy atom. The molecule has 6 heteroatoms. The van der Waals surface area contributed by atoms with Gasteiger partial charge in [0.25, 0.3) is 0 Å². The van der Waals surface area contributed by atoms with E-state index in [-0.39, 0.29) is 17.7 Å². The molecule has 3 rings (SSSR count). The van der Waals surface area contributed by atoms with Gasteiger partial charge in [-0.05, 0) is 52.2 Å². The number of halogens is 1. The molecule has 128 valence electrons. The van der Waals surface area contributed by atoms with Crippen LogP contribution in [0.1, 0.15) is 51.0 Å². The van der Waals surface area contributed by atoms with Gasteiger partial charge in [-0.1, -0.05) is 11.6 Å². The summed E-state index contributed by atoms with van der Waals surface area (Å²) in [4.78, 5) is 15.5. The van der Waals surface area contributed by atoms with Crippen LogP contribution < -0.4 is 0 Å². The molecule has 0 radical (unpaired) electrons. The van der Waals surface area contributed by atoms with Crippen molar-refractivity contribution in [3.8, 4) is 0 Å². The van der Waals surface area contributed by atoms with E-state index in [1.165, 1.54) is 10.4 Å². The van der Waals surface area contributed by atoms with Gasteiger partial charge in [0.15, 0.2) is 0 Å². The van der Waals surface area contributed by atoms with E-state index >= 15 is 0 Å². The summed E-state index contributed by atoms with van der Waals surface area (Å²) in [5.74, 6) is 0. The number of piperidine rings is 1. The average molecular weight is 358 g/mol. The number of nitrogens with zero attached hydrogens (tertiary/aromatic N) is 1. The highest BCUT2D eigenvalue weighted by Gasteiger charge is 2.46. The Labute approximate surface area is 146 Å². The van der Waals surface area contributed by atoms with Crippen LogP contribution in [0.4, 0.5) is 4.79 Å². The van der Waals surface area contributed by atoms with Crippen molar-refractivity contribution in [3.05, 3.63) is 20.8 Å². The second kappa shape index (κ2) is 5.94. The molecule has 1 saturated heterocycles. The maximum Gasteiger partial charge on any atom is 0.410 e. The van der Waals surface area contributed by atoms with Crippen molar-refractivity contribution < 1.29 is 14.3 Å². The Hall–Kier alpha value is -0.780. The zero-order chi connectivity index (χ0) is 16.8. The van der Waals surface area contributed by atoms with Gasteiger partial charge in [0, 0.05) is 23.9 Å². The van der Waals surface area contributed by atoms with E-state index in [0.717, 1.165) is 30.2 Å².